The Kier molecular flexibility index (Phi) is 4.76. The summed E-state index contributed by atoms with van der Waals surface area (Å²) in [5, 5.41) is 0. The van der Waals surface area contributed by atoms with Crippen LogP contribution in [0, 0.1) is 5.41 Å². The minimum absolute atomic E-state index is 0.144. The number of carbonyl (C=O) groups excluding carboxylic acids is 1. The highest BCUT2D eigenvalue weighted by Gasteiger charge is 2.19. The molecule has 0 aliphatic heterocycles. The number of nitrogens with two attached hydrogens (primary N) is 1. The Morgan fingerprint density at radius 3 is 2.39 bits per heavy atom. The number of anilines is 2. The molecule has 0 aliphatic carbocycles. The number of hydrogen-bond acceptors (Lipinski definition) is 2. The smallest absolute Gasteiger partial charge is 0.227 e. The van der Waals surface area contributed by atoms with Crippen LogP contribution in [0.25, 0.3) is 0 Å². The van der Waals surface area contributed by atoms with Crippen molar-refractivity contribution in [2.75, 3.05) is 17.2 Å². The maximum atomic E-state index is 12.2. The van der Waals surface area contributed by atoms with Gasteiger partial charge in [0.1, 0.15) is 0 Å². The first-order valence-corrected chi connectivity index (χ1v) is 6.50. The highest BCUT2D eigenvalue weighted by atomic mass is 16.2. The summed E-state index contributed by atoms with van der Waals surface area (Å²) < 4.78 is 0. The molecule has 0 atom stereocenters. The molecule has 1 rings (SSSR count). The third kappa shape index (κ3) is 4.06. The molecule has 0 spiro atoms. The van der Waals surface area contributed by atoms with Gasteiger partial charge in [-0.2, -0.15) is 0 Å². The van der Waals surface area contributed by atoms with E-state index < -0.39 is 0 Å². The molecule has 0 saturated carbocycles. The second-order valence-electron chi connectivity index (χ2n) is 5.76. The molecule has 0 unspecified atom stereocenters. The Hall–Kier alpha value is -1.51. The molecule has 100 valence electrons. The molecule has 0 heterocycles. The Bertz CT molecular complexity index is 407. The highest BCUT2D eigenvalue weighted by Crippen LogP contribution is 2.25. The van der Waals surface area contributed by atoms with Crippen molar-refractivity contribution < 1.29 is 4.79 Å². The first-order valence-electron chi connectivity index (χ1n) is 6.50. The van der Waals surface area contributed by atoms with E-state index >= 15 is 0 Å². The fourth-order valence-electron chi connectivity index (χ4n) is 1.83. The van der Waals surface area contributed by atoms with Crippen molar-refractivity contribution >= 4 is 17.3 Å². The van der Waals surface area contributed by atoms with E-state index in [1.807, 2.05) is 31.2 Å². The van der Waals surface area contributed by atoms with E-state index in [0.29, 0.717) is 18.7 Å². The molecule has 2 N–H and O–H groups in total. The molecule has 0 fully saturated rings. The van der Waals surface area contributed by atoms with E-state index in [2.05, 4.69) is 20.8 Å². The van der Waals surface area contributed by atoms with Crippen LogP contribution in [0.5, 0.6) is 0 Å². The van der Waals surface area contributed by atoms with Crippen molar-refractivity contribution in [1.82, 2.24) is 0 Å². The molecule has 3 nitrogen and oxygen atoms in total. The van der Waals surface area contributed by atoms with Crippen LogP contribution in [0.3, 0.4) is 0 Å². The van der Waals surface area contributed by atoms with E-state index in [1.54, 1.807) is 4.90 Å². The van der Waals surface area contributed by atoms with Gasteiger partial charge in [-0.25, -0.2) is 0 Å². The summed E-state index contributed by atoms with van der Waals surface area (Å²) in [5.74, 6) is 0.144. The van der Waals surface area contributed by atoms with Crippen molar-refractivity contribution in [2.24, 2.45) is 5.41 Å². The predicted octanol–water partition coefficient (Wildman–Crippen LogP) is 3.45. The lowest BCUT2D eigenvalue weighted by atomic mass is 9.90. The van der Waals surface area contributed by atoms with E-state index in [9.17, 15) is 4.79 Å². The molecule has 0 saturated heterocycles. The summed E-state index contributed by atoms with van der Waals surface area (Å²) in [6.45, 7) is 9.06. The molecule has 18 heavy (non-hydrogen) atoms. The van der Waals surface area contributed by atoms with Gasteiger partial charge >= 0.3 is 0 Å². The Labute approximate surface area is 110 Å². The van der Waals surface area contributed by atoms with Crippen molar-refractivity contribution in [2.45, 2.75) is 40.5 Å². The zero-order chi connectivity index (χ0) is 13.8. The number of benzene rings is 1. The van der Waals surface area contributed by atoms with Gasteiger partial charge in [0.2, 0.25) is 5.91 Å². The summed E-state index contributed by atoms with van der Waals surface area (Å²) in [7, 11) is 0. The van der Waals surface area contributed by atoms with E-state index in [4.69, 9.17) is 5.73 Å². The van der Waals surface area contributed by atoms with Gasteiger partial charge in [0.15, 0.2) is 0 Å². The first kappa shape index (κ1) is 14.6. The standard InChI is InChI=1S/C15H24N2O/c1-5-17(13-9-7-6-8-12(13)16)14(18)10-11-15(2,3)4/h6-9H,5,10-11,16H2,1-4H3. The van der Waals surface area contributed by atoms with Crippen molar-refractivity contribution in [3.8, 4) is 0 Å². The number of nitrogen functional groups attached to an aromatic ring is 1. The molecular formula is C15H24N2O. The first-order chi connectivity index (χ1) is 8.35. The largest absolute Gasteiger partial charge is 0.397 e. The molecule has 0 aliphatic rings. The van der Waals surface area contributed by atoms with Crippen LogP contribution >= 0.6 is 0 Å². The molecule has 0 aromatic heterocycles. The summed E-state index contributed by atoms with van der Waals surface area (Å²) >= 11 is 0. The van der Waals surface area contributed by atoms with Gasteiger partial charge in [0.25, 0.3) is 0 Å². The lowest BCUT2D eigenvalue weighted by molar-refractivity contribution is -0.119. The quantitative estimate of drug-likeness (QED) is 0.830. The minimum atomic E-state index is 0.144. The monoisotopic (exact) mass is 248 g/mol. The normalized spacial score (nSPS) is 11.3. The van der Waals surface area contributed by atoms with Crippen LogP contribution in [0.15, 0.2) is 24.3 Å². The van der Waals surface area contributed by atoms with Crippen molar-refractivity contribution in [3.05, 3.63) is 24.3 Å². The zero-order valence-corrected chi connectivity index (χ0v) is 11.9. The van der Waals surface area contributed by atoms with Gasteiger partial charge in [-0.1, -0.05) is 32.9 Å². The molecule has 1 amide bonds. The maximum absolute atomic E-state index is 12.2. The average molecular weight is 248 g/mol. The summed E-state index contributed by atoms with van der Waals surface area (Å²) in [6, 6.07) is 7.51. The van der Waals surface area contributed by atoms with Gasteiger partial charge in [0.05, 0.1) is 11.4 Å². The SMILES string of the molecule is CCN(C(=O)CCC(C)(C)C)c1ccccc1N. The predicted molar refractivity (Wildman–Crippen MR) is 77.6 cm³/mol. The second kappa shape index (κ2) is 5.89. The van der Waals surface area contributed by atoms with Crippen LogP contribution in [-0.2, 0) is 4.79 Å². The third-order valence-electron chi connectivity index (χ3n) is 2.93. The van der Waals surface area contributed by atoms with E-state index in [1.165, 1.54) is 0 Å². The number of amides is 1. The van der Waals surface area contributed by atoms with Gasteiger partial charge < -0.3 is 10.6 Å². The fraction of sp³-hybridized carbons (Fsp3) is 0.533. The van der Waals surface area contributed by atoms with E-state index in [-0.39, 0.29) is 11.3 Å². The van der Waals surface area contributed by atoms with E-state index in [0.717, 1.165) is 12.1 Å². The van der Waals surface area contributed by atoms with Crippen LogP contribution in [0.4, 0.5) is 11.4 Å². The minimum Gasteiger partial charge on any atom is -0.397 e. The maximum Gasteiger partial charge on any atom is 0.227 e. The molecule has 1 aromatic carbocycles. The number of carbonyl (C=O) groups is 1. The van der Waals surface area contributed by atoms with Crippen LogP contribution in [0.2, 0.25) is 0 Å². The summed E-state index contributed by atoms with van der Waals surface area (Å²) in [6.07, 6.45) is 1.45. The molecular weight excluding hydrogens is 224 g/mol. The molecule has 3 heteroatoms. The Morgan fingerprint density at radius 2 is 1.89 bits per heavy atom. The molecule has 1 aromatic rings. The lowest BCUT2D eigenvalue weighted by Crippen LogP contribution is -2.31. The number of para-hydroxylation sites is 2. The van der Waals surface area contributed by atoms with Gasteiger partial charge in [-0.05, 0) is 30.9 Å². The zero-order valence-electron chi connectivity index (χ0n) is 11.9. The average Bonchev–Trinajstić information content (AvgIpc) is 2.29. The fourth-order valence-corrected chi connectivity index (χ4v) is 1.83. The van der Waals surface area contributed by atoms with Crippen LogP contribution in [-0.4, -0.2) is 12.5 Å². The van der Waals surface area contributed by atoms with Gasteiger partial charge in [-0.15, -0.1) is 0 Å². The summed E-state index contributed by atoms with van der Waals surface area (Å²) in [5.41, 5.74) is 7.58. The van der Waals surface area contributed by atoms with Crippen LogP contribution in [0.1, 0.15) is 40.5 Å². The van der Waals surface area contributed by atoms with Crippen molar-refractivity contribution in [3.63, 3.8) is 0 Å². The highest BCUT2D eigenvalue weighted by molar-refractivity contribution is 5.96. The number of nitrogens with zero attached hydrogens (tertiary/aromatic N) is 1. The lowest BCUT2D eigenvalue weighted by Gasteiger charge is -2.25. The topological polar surface area (TPSA) is 46.3 Å². The number of rotatable bonds is 4. The molecule has 0 bridgehead atoms. The third-order valence-corrected chi connectivity index (χ3v) is 2.93. The number of hydrogen-bond donors (Lipinski definition) is 1. The Morgan fingerprint density at radius 1 is 1.28 bits per heavy atom. The van der Waals surface area contributed by atoms with Gasteiger partial charge in [-0.3, -0.25) is 4.79 Å². The van der Waals surface area contributed by atoms with Crippen LogP contribution < -0.4 is 10.6 Å². The Balaban J connectivity index is 2.78. The molecule has 0 radical (unpaired) electrons. The van der Waals surface area contributed by atoms with Gasteiger partial charge in [0, 0.05) is 13.0 Å². The summed E-state index contributed by atoms with van der Waals surface area (Å²) in [4.78, 5) is 14.0. The second-order valence-corrected chi connectivity index (χ2v) is 5.76. The van der Waals surface area contributed by atoms with Crippen molar-refractivity contribution in [1.29, 1.82) is 0 Å².